The summed E-state index contributed by atoms with van der Waals surface area (Å²) in [5, 5.41) is 0. The van der Waals surface area contributed by atoms with Crippen molar-refractivity contribution >= 4 is 7.68 Å². The zero-order valence-electron chi connectivity index (χ0n) is 12.8. The van der Waals surface area contributed by atoms with Gasteiger partial charge in [0, 0.05) is 0 Å². The summed E-state index contributed by atoms with van der Waals surface area (Å²) in [6, 6.07) is 0. The maximum absolute atomic E-state index is 15.7. The molecule has 0 saturated carbocycles. The van der Waals surface area contributed by atoms with Crippen molar-refractivity contribution in [1.82, 2.24) is 14.0 Å². The summed E-state index contributed by atoms with van der Waals surface area (Å²) in [7, 11) is -5.13. The fraction of sp³-hybridized carbons (Fsp3) is 1.00. The second-order valence-electron chi connectivity index (χ2n) is 4.20. The van der Waals surface area contributed by atoms with Crippen LogP contribution in [0.4, 0.5) is 8.39 Å². The molecule has 3 nitrogen and oxygen atoms in total. The van der Waals surface area contributed by atoms with Crippen molar-refractivity contribution < 1.29 is 8.39 Å². The van der Waals surface area contributed by atoms with Crippen LogP contribution in [0.5, 0.6) is 0 Å². The van der Waals surface area contributed by atoms with E-state index in [9.17, 15) is 0 Å². The molecule has 0 heterocycles. The fourth-order valence-corrected chi connectivity index (χ4v) is 6.48. The van der Waals surface area contributed by atoms with Gasteiger partial charge in [0.15, 0.2) is 0 Å². The van der Waals surface area contributed by atoms with E-state index in [1.54, 1.807) is 0 Å². The van der Waals surface area contributed by atoms with Crippen molar-refractivity contribution in [2.75, 3.05) is 39.3 Å². The predicted molar refractivity (Wildman–Crippen MR) is 77.9 cm³/mol. The molecule has 0 aliphatic heterocycles. The van der Waals surface area contributed by atoms with Gasteiger partial charge in [-0.25, -0.2) is 0 Å². The quantitative estimate of drug-likeness (QED) is 0.591. The van der Waals surface area contributed by atoms with Gasteiger partial charge in [-0.15, -0.1) is 0 Å². The molecule has 0 aromatic rings. The number of rotatable bonds is 9. The maximum atomic E-state index is 15.7. The molecule has 0 aliphatic rings. The van der Waals surface area contributed by atoms with E-state index in [-0.39, 0.29) is 0 Å². The van der Waals surface area contributed by atoms with Crippen LogP contribution in [0.2, 0.25) is 0 Å². The third-order valence-corrected chi connectivity index (χ3v) is 8.09. The van der Waals surface area contributed by atoms with Crippen molar-refractivity contribution in [3.05, 3.63) is 0 Å². The first-order valence-corrected chi connectivity index (χ1v) is 8.95. The molecule has 0 N–H and O–H groups in total. The van der Waals surface area contributed by atoms with Crippen LogP contribution in [0.25, 0.3) is 0 Å². The molecule has 0 bridgehead atoms. The first-order valence-electron chi connectivity index (χ1n) is 7.08. The van der Waals surface area contributed by atoms with Crippen LogP contribution in [0.3, 0.4) is 0 Å². The van der Waals surface area contributed by atoms with Gasteiger partial charge >= 0.3 is 111 Å². The molecule has 18 heavy (non-hydrogen) atoms. The second kappa shape index (κ2) is 7.09. The van der Waals surface area contributed by atoms with Crippen molar-refractivity contribution in [3.8, 4) is 0 Å². The third-order valence-electron chi connectivity index (χ3n) is 3.59. The zero-order chi connectivity index (χ0) is 14.4. The van der Waals surface area contributed by atoms with E-state index in [4.69, 9.17) is 0 Å². The molecule has 112 valence electrons. The first-order chi connectivity index (χ1) is 8.36. The topological polar surface area (TPSA) is 9.72 Å². The van der Waals surface area contributed by atoms with Gasteiger partial charge in [0.2, 0.25) is 0 Å². The monoisotopic (exact) mass is 285 g/mol. The van der Waals surface area contributed by atoms with Gasteiger partial charge in [0.05, 0.1) is 0 Å². The minimum atomic E-state index is -5.13. The molecule has 0 atom stereocenters. The van der Waals surface area contributed by atoms with Crippen LogP contribution in [-0.2, 0) is 0 Å². The van der Waals surface area contributed by atoms with Crippen LogP contribution >= 0.6 is 7.68 Å². The Morgan fingerprint density at radius 3 is 0.833 bits per heavy atom. The number of nitrogens with zero attached hydrogens (tertiary/aromatic N) is 3. The van der Waals surface area contributed by atoms with Crippen LogP contribution in [0, 0.1) is 0 Å². The summed E-state index contributed by atoms with van der Waals surface area (Å²) >= 11 is 0. The summed E-state index contributed by atoms with van der Waals surface area (Å²) in [4.78, 5) is 0. The Kier molecular flexibility index (Phi) is 7.15. The van der Waals surface area contributed by atoms with Gasteiger partial charge in [0.1, 0.15) is 0 Å². The van der Waals surface area contributed by atoms with E-state index in [1.807, 2.05) is 41.5 Å². The van der Waals surface area contributed by atoms with E-state index < -0.39 is 7.68 Å². The van der Waals surface area contributed by atoms with E-state index >= 15 is 8.39 Å². The summed E-state index contributed by atoms with van der Waals surface area (Å²) < 4.78 is 35.6. The van der Waals surface area contributed by atoms with Crippen molar-refractivity contribution in [1.29, 1.82) is 0 Å². The molecule has 0 rings (SSSR count). The second-order valence-corrected chi connectivity index (χ2v) is 7.47. The molecule has 0 aromatic heterocycles. The summed E-state index contributed by atoms with van der Waals surface area (Å²) in [5.41, 5.74) is 0. The van der Waals surface area contributed by atoms with Crippen molar-refractivity contribution in [2.24, 2.45) is 0 Å². The minimum absolute atomic E-state index is 0.383. The molecule has 6 heteroatoms. The standard InChI is InChI=1S/C12H30F2N3P/c1-7-15(8-2)18(13,14,16(9-3)10-4)17(11-5)12-6/h7-12H2,1-6H3. The average molecular weight is 285 g/mol. The van der Waals surface area contributed by atoms with E-state index in [1.165, 1.54) is 14.0 Å². The summed E-state index contributed by atoms with van der Waals surface area (Å²) in [6.07, 6.45) is 0. The molecular formula is C12H30F2N3P. The molecule has 0 spiro atoms. The van der Waals surface area contributed by atoms with E-state index in [2.05, 4.69) is 0 Å². The van der Waals surface area contributed by atoms with Gasteiger partial charge in [-0.1, -0.05) is 0 Å². The molecule has 0 amide bonds. The molecular weight excluding hydrogens is 255 g/mol. The summed E-state index contributed by atoms with van der Waals surface area (Å²) in [6.45, 7) is 13.2. The fourth-order valence-electron chi connectivity index (χ4n) is 2.61. The Hall–Kier alpha value is 0.170. The average Bonchev–Trinajstić information content (AvgIpc) is 2.32. The van der Waals surface area contributed by atoms with E-state index in [0.717, 1.165) is 0 Å². The van der Waals surface area contributed by atoms with E-state index in [0.29, 0.717) is 39.3 Å². The van der Waals surface area contributed by atoms with Crippen LogP contribution < -0.4 is 0 Å². The Bertz CT molecular complexity index is 201. The van der Waals surface area contributed by atoms with Gasteiger partial charge in [0.25, 0.3) is 0 Å². The molecule has 0 radical (unpaired) electrons. The number of hydrogen-bond donors (Lipinski definition) is 0. The Morgan fingerprint density at radius 1 is 0.556 bits per heavy atom. The van der Waals surface area contributed by atoms with Gasteiger partial charge in [-0.05, 0) is 0 Å². The summed E-state index contributed by atoms with van der Waals surface area (Å²) in [5.74, 6) is 0. The third kappa shape index (κ3) is 2.84. The molecule has 0 unspecified atom stereocenters. The molecule has 0 aromatic carbocycles. The first kappa shape index (κ1) is 18.2. The Labute approximate surface area is 111 Å². The van der Waals surface area contributed by atoms with Gasteiger partial charge < -0.3 is 0 Å². The Balaban J connectivity index is 5.76. The molecule has 0 saturated heterocycles. The van der Waals surface area contributed by atoms with Crippen LogP contribution in [0.1, 0.15) is 41.5 Å². The predicted octanol–water partition coefficient (Wildman–Crippen LogP) is 4.08. The van der Waals surface area contributed by atoms with Crippen molar-refractivity contribution in [3.63, 3.8) is 0 Å². The van der Waals surface area contributed by atoms with Crippen molar-refractivity contribution in [2.45, 2.75) is 41.5 Å². The Morgan fingerprint density at radius 2 is 0.722 bits per heavy atom. The molecule has 0 aliphatic carbocycles. The number of halogens is 2. The normalized spacial score (nSPS) is 15.4. The SMILES string of the molecule is CCN(CC)P(F)(F)(N(CC)CC)N(CC)CC. The zero-order valence-corrected chi connectivity index (χ0v) is 13.7. The van der Waals surface area contributed by atoms with Gasteiger partial charge in [-0.2, -0.15) is 0 Å². The van der Waals surface area contributed by atoms with Gasteiger partial charge in [-0.3, -0.25) is 0 Å². The molecule has 0 fully saturated rings. The number of hydrogen-bond acceptors (Lipinski definition) is 3. The van der Waals surface area contributed by atoms with Crippen LogP contribution in [0.15, 0.2) is 0 Å². The van der Waals surface area contributed by atoms with Crippen LogP contribution in [-0.4, -0.2) is 53.3 Å².